The lowest BCUT2D eigenvalue weighted by molar-refractivity contribution is -0.0718. The number of ether oxygens (including phenoxy) is 1. The Morgan fingerprint density at radius 2 is 2.19 bits per heavy atom. The van der Waals surface area contributed by atoms with Crippen molar-refractivity contribution in [1.82, 2.24) is 5.32 Å². The first kappa shape index (κ1) is 16.6. The van der Waals surface area contributed by atoms with E-state index >= 15 is 0 Å². The average molecular weight is 293 g/mol. The van der Waals surface area contributed by atoms with Crippen molar-refractivity contribution in [2.75, 3.05) is 19.7 Å². The van der Waals surface area contributed by atoms with Crippen LogP contribution in [0.25, 0.3) is 0 Å². The summed E-state index contributed by atoms with van der Waals surface area (Å²) < 4.78 is 11.4. The highest BCUT2D eigenvalue weighted by atomic mass is 16.5. The van der Waals surface area contributed by atoms with Crippen LogP contribution in [0.5, 0.6) is 0 Å². The minimum Gasteiger partial charge on any atom is -0.469 e. The molecule has 2 unspecified atom stereocenters. The van der Waals surface area contributed by atoms with Crippen LogP contribution in [0.15, 0.2) is 22.8 Å². The van der Waals surface area contributed by atoms with Crippen LogP contribution in [0.4, 0.5) is 0 Å². The lowest BCUT2D eigenvalue weighted by Gasteiger charge is -2.35. The molecule has 3 nitrogen and oxygen atoms in total. The molecule has 1 aromatic heterocycles. The van der Waals surface area contributed by atoms with E-state index in [4.69, 9.17) is 9.15 Å². The zero-order valence-corrected chi connectivity index (χ0v) is 14.0. The second-order valence-corrected chi connectivity index (χ2v) is 7.33. The van der Waals surface area contributed by atoms with Gasteiger partial charge >= 0.3 is 0 Å². The second-order valence-electron chi connectivity index (χ2n) is 7.33. The first-order valence-corrected chi connectivity index (χ1v) is 8.36. The molecule has 1 aromatic rings. The quantitative estimate of drug-likeness (QED) is 0.765. The fourth-order valence-electron chi connectivity index (χ4n) is 3.40. The van der Waals surface area contributed by atoms with Crippen molar-refractivity contribution in [3.05, 3.63) is 24.2 Å². The highest BCUT2D eigenvalue weighted by Crippen LogP contribution is 2.29. The maximum Gasteiger partial charge on any atom is 0.107 e. The fourth-order valence-corrected chi connectivity index (χ4v) is 3.40. The highest BCUT2D eigenvalue weighted by molar-refractivity contribution is 5.06. The molecular formula is C18H31NO2. The number of hydrogen-bond donors (Lipinski definition) is 1. The van der Waals surface area contributed by atoms with Gasteiger partial charge in [-0.3, -0.25) is 0 Å². The number of rotatable bonds is 7. The van der Waals surface area contributed by atoms with Gasteiger partial charge in [0.2, 0.25) is 0 Å². The van der Waals surface area contributed by atoms with Crippen LogP contribution in [0.2, 0.25) is 0 Å². The van der Waals surface area contributed by atoms with Crippen LogP contribution in [0.3, 0.4) is 0 Å². The first-order chi connectivity index (χ1) is 9.98. The highest BCUT2D eigenvalue weighted by Gasteiger charge is 2.28. The average Bonchev–Trinajstić information content (AvgIpc) is 2.90. The Labute approximate surface area is 129 Å². The molecule has 1 fully saturated rings. The van der Waals surface area contributed by atoms with E-state index in [0.717, 1.165) is 44.2 Å². The molecule has 0 bridgehead atoms. The van der Waals surface area contributed by atoms with Crippen molar-refractivity contribution in [2.45, 2.75) is 58.5 Å². The molecule has 21 heavy (non-hydrogen) atoms. The zero-order valence-electron chi connectivity index (χ0n) is 14.0. The van der Waals surface area contributed by atoms with Crippen molar-refractivity contribution in [3.8, 4) is 0 Å². The third-order valence-electron chi connectivity index (χ3n) is 4.58. The minimum atomic E-state index is 0.0548. The maximum absolute atomic E-state index is 5.78. The topological polar surface area (TPSA) is 34.4 Å². The van der Waals surface area contributed by atoms with E-state index in [1.54, 1.807) is 6.26 Å². The molecule has 0 aliphatic carbocycles. The molecule has 0 saturated carbocycles. The van der Waals surface area contributed by atoms with Gasteiger partial charge in [0.05, 0.1) is 11.9 Å². The molecule has 3 heteroatoms. The van der Waals surface area contributed by atoms with Gasteiger partial charge in [0.25, 0.3) is 0 Å². The van der Waals surface area contributed by atoms with Crippen LogP contribution in [-0.2, 0) is 4.74 Å². The number of hydrogen-bond acceptors (Lipinski definition) is 3. The molecule has 1 aliphatic rings. The smallest absolute Gasteiger partial charge is 0.107 e. The predicted octanol–water partition coefficient (Wildman–Crippen LogP) is 4.20. The van der Waals surface area contributed by atoms with Crippen LogP contribution in [-0.4, -0.2) is 25.3 Å². The number of furan rings is 1. The molecule has 1 saturated heterocycles. The monoisotopic (exact) mass is 293 g/mol. The Morgan fingerprint density at radius 3 is 2.81 bits per heavy atom. The van der Waals surface area contributed by atoms with Gasteiger partial charge in [-0.15, -0.1) is 0 Å². The molecule has 2 rings (SSSR count). The molecular weight excluding hydrogens is 262 g/mol. The van der Waals surface area contributed by atoms with Gasteiger partial charge in [-0.05, 0) is 70.2 Å². The Bertz CT molecular complexity index is 397. The summed E-state index contributed by atoms with van der Waals surface area (Å²) in [5.74, 6) is 2.99. The van der Waals surface area contributed by atoms with E-state index in [1.807, 2.05) is 6.07 Å². The first-order valence-electron chi connectivity index (χ1n) is 8.36. The van der Waals surface area contributed by atoms with Crippen LogP contribution < -0.4 is 5.32 Å². The Kier molecular flexibility index (Phi) is 5.88. The lowest BCUT2D eigenvalue weighted by atomic mass is 9.88. The normalized spacial score (nSPS) is 23.4. The molecule has 0 aromatic carbocycles. The standard InChI is InChI=1S/C18H31NO2/c1-14(2)16(17-6-5-10-20-17)7-9-19-13-15-8-11-21-18(3,4)12-15/h5-6,10,14-16,19H,7-9,11-13H2,1-4H3. The zero-order chi connectivity index (χ0) is 15.3. The van der Waals surface area contributed by atoms with Crippen LogP contribution in [0, 0.1) is 11.8 Å². The Balaban J connectivity index is 1.71. The van der Waals surface area contributed by atoms with Crippen LogP contribution in [0.1, 0.15) is 58.6 Å². The maximum atomic E-state index is 5.78. The van der Waals surface area contributed by atoms with Gasteiger partial charge in [0.15, 0.2) is 0 Å². The summed E-state index contributed by atoms with van der Waals surface area (Å²) >= 11 is 0. The molecule has 1 N–H and O–H groups in total. The SMILES string of the molecule is CC(C)C(CCNCC1CCOC(C)(C)C1)c1ccco1. The molecule has 0 spiro atoms. The van der Waals surface area contributed by atoms with E-state index < -0.39 is 0 Å². The molecule has 0 amide bonds. The van der Waals surface area contributed by atoms with Crippen molar-refractivity contribution < 1.29 is 9.15 Å². The van der Waals surface area contributed by atoms with Crippen molar-refractivity contribution in [3.63, 3.8) is 0 Å². The molecule has 1 aliphatic heterocycles. The lowest BCUT2D eigenvalue weighted by Crippen LogP contribution is -2.38. The second kappa shape index (κ2) is 7.46. The molecule has 2 heterocycles. The van der Waals surface area contributed by atoms with E-state index in [1.165, 1.54) is 6.42 Å². The van der Waals surface area contributed by atoms with Gasteiger partial charge in [-0.2, -0.15) is 0 Å². The van der Waals surface area contributed by atoms with E-state index in [2.05, 4.69) is 39.1 Å². The molecule has 0 radical (unpaired) electrons. The third-order valence-corrected chi connectivity index (χ3v) is 4.58. The summed E-state index contributed by atoms with van der Waals surface area (Å²) in [6, 6.07) is 4.09. The van der Waals surface area contributed by atoms with Gasteiger partial charge in [-0.25, -0.2) is 0 Å². The summed E-state index contributed by atoms with van der Waals surface area (Å²) in [6.07, 6.45) is 5.26. The molecule has 2 atom stereocenters. The van der Waals surface area contributed by atoms with Gasteiger partial charge in [0.1, 0.15) is 5.76 Å². The van der Waals surface area contributed by atoms with E-state index in [-0.39, 0.29) is 5.60 Å². The minimum absolute atomic E-state index is 0.0548. The Hall–Kier alpha value is -0.800. The largest absolute Gasteiger partial charge is 0.469 e. The summed E-state index contributed by atoms with van der Waals surface area (Å²) in [7, 11) is 0. The van der Waals surface area contributed by atoms with Crippen molar-refractivity contribution in [1.29, 1.82) is 0 Å². The van der Waals surface area contributed by atoms with E-state index in [0.29, 0.717) is 11.8 Å². The summed E-state index contributed by atoms with van der Waals surface area (Å²) in [5.41, 5.74) is 0.0548. The van der Waals surface area contributed by atoms with Gasteiger partial charge < -0.3 is 14.5 Å². The van der Waals surface area contributed by atoms with Gasteiger partial charge in [-0.1, -0.05) is 13.8 Å². The van der Waals surface area contributed by atoms with Crippen LogP contribution >= 0.6 is 0 Å². The van der Waals surface area contributed by atoms with Gasteiger partial charge in [0, 0.05) is 12.5 Å². The Morgan fingerprint density at radius 1 is 1.38 bits per heavy atom. The molecule has 120 valence electrons. The summed E-state index contributed by atoms with van der Waals surface area (Å²) in [5, 5.41) is 3.64. The predicted molar refractivity (Wildman–Crippen MR) is 86.5 cm³/mol. The summed E-state index contributed by atoms with van der Waals surface area (Å²) in [6.45, 7) is 12.0. The third kappa shape index (κ3) is 5.15. The van der Waals surface area contributed by atoms with E-state index in [9.17, 15) is 0 Å². The number of nitrogens with one attached hydrogen (secondary N) is 1. The summed E-state index contributed by atoms with van der Waals surface area (Å²) in [4.78, 5) is 0. The van der Waals surface area contributed by atoms with Crippen molar-refractivity contribution in [2.24, 2.45) is 11.8 Å². The fraction of sp³-hybridized carbons (Fsp3) is 0.778. The van der Waals surface area contributed by atoms with Crippen molar-refractivity contribution >= 4 is 0 Å².